The van der Waals surface area contributed by atoms with E-state index in [1.807, 2.05) is 0 Å². The van der Waals surface area contributed by atoms with Gasteiger partial charge < -0.3 is 14.4 Å². The van der Waals surface area contributed by atoms with Gasteiger partial charge in [0.05, 0.1) is 6.54 Å². The largest absolute Gasteiger partial charge is 0.464 e. The Labute approximate surface area is 273 Å². The number of unbranched alkanes of at least 4 members (excludes halogenated alkanes) is 5. The van der Waals surface area contributed by atoms with Crippen molar-refractivity contribution in [2.75, 3.05) is 85.7 Å². The fraction of sp³-hybridized carbons (Fsp3) is 0.750. The fourth-order valence-electron chi connectivity index (χ4n) is 6.13. The third-order valence-electron chi connectivity index (χ3n) is 9.21. The lowest BCUT2D eigenvalue weighted by Gasteiger charge is -2.39. The van der Waals surface area contributed by atoms with Crippen LogP contribution in [-0.2, 0) is 25.6 Å². The normalized spacial score (nSPS) is 18.2. The highest BCUT2D eigenvalue weighted by atomic mass is 16.5. The lowest BCUT2D eigenvalue weighted by atomic mass is 10.0. The number of hydrogen-bond acceptors (Lipinski definition) is 9. The summed E-state index contributed by atoms with van der Waals surface area (Å²) in [5.74, 6) is -0.349. The number of hydrogen-bond donors (Lipinski definition) is 0. The molecule has 1 aromatic rings. The van der Waals surface area contributed by atoms with Gasteiger partial charge in [-0.1, -0.05) is 69.4 Å². The average Bonchev–Trinajstić information content (AvgIpc) is 3.05. The molecule has 3 rings (SSSR count). The third-order valence-corrected chi connectivity index (χ3v) is 9.21. The van der Waals surface area contributed by atoms with Gasteiger partial charge in [-0.05, 0) is 38.8 Å². The van der Waals surface area contributed by atoms with Crippen molar-refractivity contribution in [3.8, 4) is 0 Å². The van der Waals surface area contributed by atoms with Crippen molar-refractivity contribution < 1.29 is 19.1 Å². The van der Waals surface area contributed by atoms with Crippen molar-refractivity contribution in [2.45, 2.75) is 90.6 Å². The summed E-state index contributed by atoms with van der Waals surface area (Å²) in [6.45, 7) is 15.8. The van der Waals surface area contributed by atoms with Gasteiger partial charge in [0.25, 0.3) is 0 Å². The molecule has 2 aliphatic heterocycles. The maximum absolute atomic E-state index is 12.3. The van der Waals surface area contributed by atoms with Crippen molar-refractivity contribution in [3.05, 3.63) is 35.9 Å². The molecule has 254 valence electrons. The number of carbonyl (C=O) groups excluding carboxylic acids is 2. The maximum atomic E-state index is 12.3. The average molecular weight is 628 g/mol. The number of rotatable bonds is 21. The van der Waals surface area contributed by atoms with Crippen LogP contribution in [0.3, 0.4) is 0 Å². The standard InChI is InChI=1S/C36H61N5O4/c1-4-5-6-7-11-16-34(32(2)37-31-33-14-9-8-10-15-33)41-25-23-40(24-26-41)28-30-45-36(43)18-13-12-17-35(42)44-29-27-39-21-19-38(3)20-22-39/h8-10,14-15,34H,4-7,11-13,16-31H2,1-3H3. The fourth-order valence-corrected chi connectivity index (χ4v) is 6.13. The number of nitrogens with zero attached hydrogens (tertiary/aromatic N) is 5. The van der Waals surface area contributed by atoms with Crippen LogP contribution in [0.2, 0.25) is 0 Å². The van der Waals surface area contributed by atoms with Crippen molar-refractivity contribution in [2.24, 2.45) is 4.99 Å². The lowest BCUT2D eigenvalue weighted by molar-refractivity contribution is -0.146. The molecule has 1 unspecified atom stereocenters. The van der Waals surface area contributed by atoms with E-state index >= 15 is 0 Å². The lowest BCUT2D eigenvalue weighted by Crippen LogP contribution is -2.52. The van der Waals surface area contributed by atoms with Crippen LogP contribution in [-0.4, -0.2) is 129 Å². The summed E-state index contributed by atoms with van der Waals surface area (Å²) < 4.78 is 10.9. The van der Waals surface area contributed by atoms with Crippen molar-refractivity contribution in [3.63, 3.8) is 0 Å². The van der Waals surface area contributed by atoms with Crippen molar-refractivity contribution in [1.82, 2.24) is 19.6 Å². The number of likely N-dealkylation sites (N-methyl/N-ethyl adjacent to an activating group) is 1. The molecule has 0 spiro atoms. The van der Waals surface area contributed by atoms with Gasteiger partial charge in [0.15, 0.2) is 0 Å². The van der Waals surface area contributed by atoms with E-state index in [1.54, 1.807) is 0 Å². The summed E-state index contributed by atoms with van der Waals surface area (Å²) in [4.78, 5) is 39.0. The van der Waals surface area contributed by atoms with Gasteiger partial charge in [-0.15, -0.1) is 0 Å². The maximum Gasteiger partial charge on any atom is 0.305 e. The van der Waals surface area contributed by atoms with Crippen LogP contribution in [0.4, 0.5) is 0 Å². The van der Waals surface area contributed by atoms with E-state index in [2.05, 4.69) is 70.8 Å². The predicted molar refractivity (Wildman–Crippen MR) is 183 cm³/mol. The van der Waals surface area contributed by atoms with Crippen LogP contribution in [0.25, 0.3) is 0 Å². The first-order chi connectivity index (χ1) is 21.9. The van der Waals surface area contributed by atoms with Crippen LogP contribution in [0.5, 0.6) is 0 Å². The van der Waals surface area contributed by atoms with Crippen LogP contribution < -0.4 is 0 Å². The first kappa shape index (κ1) is 37.1. The monoisotopic (exact) mass is 627 g/mol. The molecule has 0 aliphatic carbocycles. The second-order valence-corrected chi connectivity index (χ2v) is 12.8. The summed E-state index contributed by atoms with van der Waals surface area (Å²) in [6, 6.07) is 10.9. The zero-order chi connectivity index (χ0) is 32.1. The number of esters is 2. The highest BCUT2D eigenvalue weighted by molar-refractivity contribution is 5.87. The molecule has 0 bridgehead atoms. The molecule has 9 heteroatoms. The molecule has 1 aromatic carbocycles. The van der Waals surface area contributed by atoms with E-state index in [0.717, 1.165) is 72.0 Å². The van der Waals surface area contributed by atoms with E-state index in [9.17, 15) is 9.59 Å². The van der Waals surface area contributed by atoms with Gasteiger partial charge in [-0.3, -0.25) is 29.3 Å². The van der Waals surface area contributed by atoms with Crippen molar-refractivity contribution in [1.29, 1.82) is 0 Å². The second-order valence-electron chi connectivity index (χ2n) is 12.8. The minimum atomic E-state index is -0.176. The molecule has 2 fully saturated rings. The van der Waals surface area contributed by atoms with Crippen LogP contribution in [0.15, 0.2) is 35.3 Å². The Balaban J connectivity index is 1.27. The summed E-state index contributed by atoms with van der Waals surface area (Å²) in [5.41, 5.74) is 2.50. The highest BCUT2D eigenvalue weighted by Gasteiger charge is 2.25. The smallest absolute Gasteiger partial charge is 0.305 e. The number of piperazine rings is 2. The highest BCUT2D eigenvalue weighted by Crippen LogP contribution is 2.17. The Kier molecular flexibility index (Phi) is 18.4. The molecule has 45 heavy (non-hydrogen) atoms. The van der Waals surface area contributed by atoms with E-state index in [-0.39, 0.29) is 11.9 Å². The molecule has 9 nitrogen and oxygen atoms in total. The predicted octanol–water partition coefficient (Wildman–Crippen LogP) is 4.89. The molecule has 2 saturated heterocycles. The van der Waals surface area contributed by atoms with E-state index in [1.165, 1.54) is 49.8 Å². The van der Waals surface area contributed by atoms with Gasteiger partial charge in [0.2, 0.25) is 0 Å². The van der Waals surface area contributed by atoms with Gasteiger partial charge in [0.1, 0.15) is 13.2 Å². The van der Waals surface area contributed by atoms with E-state index in [0.29, 0.717) is 44.9 Å². The minimum Gasteiger partial charge on any atom is -0.464 e. The molecule has 1 atom stereocenters. The number of aliphatic imine (C=N–C) groups is 1. The molecule has 0 saturated carbocycles. The molecule has 2 aliphatic rings. The molecule has 0 aromatic heterocycles. The van der Waals surface area contributed by atoms with Gasteiger partial charge >= 0.3 is 11.9 Å². The zero-order valence-electron chi connectivity index (χ0n) is 28.6. The molecule has 0 N–H and O–H groups in total. The van der Waals surface area contributed by atoms with Gasteiger partial charge in [0, 0.05) is 90.0 Å². The van der Waals surface area contributed by atoms with Crippen LogP contribution >= 0.6 is 0 Å². The van der Waals surface area contributed by atoms with Crippen LogP contribution in [0.1, 0.15) is 83.6 Å². The first-order valence-electron chi connectivity index (χ1n) is 17.7. The van der Waals surface area contributed by atoms with E-state index in [4.69, 9.17) is 14.5 Å². The summed E-state index contributed by atoms with van der Waals surface area (Å²) >= 11 is 0. The quantitative estimate of drug-likeness (QED) is 0.108. The summed E-state index contributed by atoms with van der Waals surface area (Å²) in [5, 5.41) is 0. The summed E-state index contributed by atoms with van der Waals surface area (Å²) in [6.07, 6.45) is 9.63. The Morgan fingerprint density at radius 2 is 1.31 bits per heavy atom. The van der Waals surface area contributed by atoms with Crippen LogP contribution in [0, 0.1) is 0 Å². The Morgan fingerprint density at radius 3 is 1.89 bits per heavy atom. The van der Waals surface area contributed by atoms with E-state index < -0.39 is 0 Å². The SMILES string of the molecule is CCCCCCCC(C(C)=NCc1ccccc1)N1CCN(CCOC(=O)CCCCC(=O)OCCN2CCN(C)CC2)CC1. The summed E-state index contributed by atoms with van der Waals surface area (Å²) in [7, 11) is 2.13. The Morgan fingerprint density at radius 1 is 0.756 bits per heavy atom. The number of benzene rings is 1. The first-order valence-corrected chi connectivity index (χ1v) is 17.7. The number of ether oxygens (including phenoxy) is 2. The number of carbonyl (C=O) groups is 2. The molecule has 2 heterocycles. The second kappa shape index (κ2) is 22.2. The van der Waals surface area contributed by atoms with Crippen molar-refractivity contribution >= 4 is 17.7 Å². The Hall–Kier alpha value is -2.33. The topological polar surface area (TPSA) is 77.9 Å². The molecular formula is C36H61N5O4. The molecule has 0 amide bonds. The van der Waals surface area contributed by atoms with Gasteiger partial charge in [-0.25, -0.2) is 0 Å². The van der Waals surface area contributed by atoms with Gasteiger partial charge in [-0.2, -0.15) is 0 Å². The minimum absolute atomic E-state index is 0.173. The third kappa shape index (κ3) is 15.7. The zero-order valence-corrected chi connectivity index (χ0v) is 28.6. The molecule has 0 radical (unpaired) electrons. The Bertz CT molecular complexity index is 975. The molecular weight excluding hydrogens is 566 g/mol.